The number of hydrogen-bond donors (Lipinski definition) is 1. The molecule has 26 heavy (non-hydrogen) atoms. The van der Waals surface area contributed by atoms with E-state index in [2.05, 4.69) is 28.2 Å². The van der Waals surface area contributed by atoms with Crippen LogP contribution in [0.3, 0.4) is 0 Å². The maximum Gasteiger partial charge on any atom is 0.120 e. The van der Waals surface area contributed by atoms with Crippen molar-refractivity contribution >= 4 is 10.8 Å². The van der Waals surface area contributed by atoms with Gasteiger partial charge in [-0.15, -0.1) is 0 Å². The molecule has 1 unspecified atom stereocenters. The minimum absolute atomic E-state index is 0.106. The summed E-state index contributed by atoms with van der Waals surface area (Å²) >= 11 is 0. The van der Waals surface area contributed by atoms with Gasteiger partial charge < -0.3 is 10.5 Å². The number of nitrogens with zero attached hydrogens (tertiary/aromatic N) is 2. The first-order valence-electron chi connectivity index (χ1n) is 9.44. The molecule has 0 bridgehead atoms. The second-order valence-electron chi connectivity index (χ2n) is 7.27. The van der Waals surface area contributed by atoms with Crippen molar-refractivity contribution < 1.29 is 4.74 Å². The standard InChI is InChI=1S/C22H25N3O/c23-22(17-7-10-24-11-8-17)13-16-1-4-20(5-2-16)26-21-6-3-19-15-25-12-9-18(19)14-21/h3,6-12,14-16,20,22H,1-2,4-5,13,23H2. The van der Waals surface area contributed by atoms with Gasteiger partial charge >= 0.3 is 0 Å². The molecular weight excluding hydrogens is 322 g/mol. The second kappa shape index (κ2) is 7.83. The first-order chi connectivity index (χ1) is 12.8. The Morgan fingerprint density at radius 2 is 1.69 bits per heavy atom. The molecular formula is C22H25N3O. The topological polar surface area (TPSA) is 61.0 Å². The predicted molar refractivity (Wildman–Crippen MR) is 104 cm³/mol. The van der Waals surface area contributed by atoms with Gasteiger partial charge in [-0.25, -0.2) is 0 Å². The first kappa shape index (κ1) is 17.0. The van der Waals surface area contributed by atoms with Gasteiger partial charge in [0.05, 0.1) is 6.10 Å². The summed E-state index contributed by atoms with van der Waals surface area (Å²) in [5.74, 6) is 1.64. The molecule has 4 heteroatoms. The quantitative estimate of drug-likeness (QED) is 0.729. The Kier molecular flexibility index (Phi) is 5.12. The minimum atomic E-state index is 0.106. The highest BCUT2D eigenvalue weighted by Crippen LogP contribution is 2.33. The van der Waals surface area contributed by atoms with Crippen LogP contribution < -0.4 is 10.5 Å². The fourth-order valence-corrected chi connectivity index (χ4v) is 3.92. The lowest BCUT2D eigenvalue weighted by molar-refractivity contribution is 0.126. The molecule has 4 rings (SSSR count). The van der Waals surface area contributed by atoms with E-state index in [-0.39, 0.29) is 6.04 Å². The Morgan fingerprint density at radius 1 is 0.923 bits per heavy atom. The van der Waals surface area contributed by atoms with E-state index >= 15 is 0 Å². The molecule has 1 aromatic carbocycles. The lowest BCUT2D eigenvalue weighted by Crippen LogP contribution is -2.26. The normalized spacial score (nSPS) is 21.4. The third kappa shape index (κ3) is 4.02. The van der Waals surface area contributed by atoms with Gasteiger partial charge in [0.15, 0.2) is 0 Å². The van der Waals surface area contributed by atoms with Crippen LogP contribution in [0.4, 0.5) is 0 Å². The van der Waals surface area contributed by atoms with Crippen molar-refractivity contribution in [3.8, 4) is 5.75 Å². The van der Waals surface area contributed by atoms with Gasteiger partial charge in [-0.2, -0.15) is 0 Å². The zero-order valence-corrected chi connectivity index (χ0v) is 14.9. The third-order valence-corrected chi connectivity index (χ3v) is 5.43. The van der Waals surface area contributed by atoms with Crippen molar-refractivity contribution in [1.82, 2.24) is 9.97 Å². The maximum absolute atomic E-state index is 6.37. The van der Waals surface area contributed by atoms with Gasteiger partial charge in [-0.1, -0.05) is 0 Å². The summed E-state index contributed by atoms with van der Waals surface area (Å²) in [6.07, 6.45) is 13.3. The molecule has 4 nitrogen and oxygen atoms in total. The number of pyridine rings is 2. The van der Waals surface area contributed by atoms with Crippen LogP contribution in [0, 0.1) is 5.92 Å². The zero-order valence-electron chi connectivity index (χ0n) is 14.9. The molecule has 2 heterocycles. The Balaban J connectivity index is 1.30. The molecule has 1 saturated carbocycles. The van der Waals surface area contributed by atoms with Gasteiger partial charge in [0.25, 0.3) is 0 Å². The monoisotopic (exact) mass is 347 g/mol. The van der Waals surface area contributed by atoms with Crippen molar-refractivity contribution in [3.05, 3.63) is 66.7 Å². The van der Waals surface area contributed by atoms with Crippen LogP contribution in [0.15, 0.2) is 61.2 Å². The molecule has 2 aromatic heterocycles. The number of fused-ring (bicyclic) bond motifs is 1. The van der Waals surface area contributed by atoms with E-state index < -0.39 is 0 Å². The number of aromatic nitrogens is 2. The van der Waals surface area contributed by atoms with Crippen LogP contribution in [0.1, 0.15) is 43.7 Å². The highest BCUT2D eigenvalue weighted by atomic mass is 16.5. The first-order valence-corrected chi connectivity index (χ1v) is 9.44. The van der Waals surface area contributed by atoms with Crippen molar-refractivity contribution in [2.45, 2.75) is 44.2 Å². The molecule has 0 radical (unpaired) electrons. The van der Waals surface area contributed by atoms with Crippen molar-refractivity contribution in [2.24, 2.45) is 11.7 Å². The average molecular weight is 347 g/mol. The Bertz CT molecular complexity index is 844. The van der Waals surface area contributed by atoms with Crippen molar-refractivity contribution in [3.63, 3.8) is 0 Å². The highest BCUT2D eigenvalue weighted by molar-refractivity contribution is 5.82. The van der Waals surface area contributed by atoms with E-state index in [0.29, 0.717) is 12.0 Å². The SMILES string of the molecule is NC(CC1CCC(Oc2ccc3cnccc3c2)CC1)c1ccncc1. The fraction of sp³-hybridized carbons (Fsp3) is 0.364. The van der Waals surface area contributed by atoms with Gasteiger partial charge in [0.2, 0.25) is 0 Å². The van der Waals surface area contributed by atoms with Gasteiger partial charge in [0.1, 0.15) is 5.75 Å². The molecule has 134 valence electrons. The Labute approximate surface area is 154 Å². The van der Waals surface area contributed by atoms with Crippen LogP contribution in [0.25, 0.3) is 10.8 Å². The van der Waals surface area contributed by atoms with Crippen LogP contribution in [0.2, 0.25) is 0 Å². The summed E-state index contributed by atoms with van der Waals surface area (Å²) in [6.45, 7) is 0. The summed E-state index contributed by atoms with van der Waals surface area (Å²) in [7, 11) is 0. The van der Waals surface area contributed by atoms with E-state index in [1.807, 2.05) is 43.0 Å². The summed E-state index contributed by atoms with van der Waals surface area (Å²) in [4.78, 5) is 8.23. The number of hydrogen-bond acceptors (Lipinski definition) is 4. The summed E-state index contributed by atoms with van der Waals surface area (Å²) < 4.78 is 6.24. The molecule has 0 spiro atoms. The average Bonchev–Trinajstić information content (AvgIpc) is 2.70. The number of rotatable bonds is 5. The molecule has 1 aliphatic rings. The van der Waals surface area contributed by atoms with Crippen LogP contribution in [0.5, 0.6) is 5.75 Å². The van der Waals surface area contributed by atoms with E-state index in [1.54, 1.807) is 0 Å². The lowest BCUT2D eigenvalue weighted by Gasteiger charge is -2.30. The molecule has 0 aliphatic heterocycles. The van der Waals surface area contributed by atoms with E-state index in [0.717, 1.165) is 30.4 Å². The Hall–Kier alpha value is -2.46. The van der Waals surface area contributed by atoms with Gasteiger partial charge in [0, 0.05) is 36.2 Å². The molecule has 1 fully saturated rings. The number of ether oxygens (including phenoxy) is 1. The second-order valence-corrected chi connectivity index (χ2v) is 7.27. The molecule has 2 N–H and O–H groups in total. The van der Waals surface area contributed by atoms with E-state index in [9.17, 15) is 0 Å². The van der Waals surface area contributed by atoms with Gasteiger partial charge in [-0.3, -0.25) is 9.97 Å². The molecule has 0 saturated heterocycles. The smallest absolute Gasteiger partial charge is 0.120 e. The third-order valence-electron chi connectivity index (χ3n) is 5.43. The largest absolute Gasteiger partial charge is 0.490 e. The van der Waals surface area contributed by atoms with Crippen LogP contribution in [-0.4, -0.2) is 16.1 Å². The van der Waals surface area contributed by atoms with Crippen molar-refractivity contribution in [1.29, 1.82) is 0 Å². The minimum Gasteiger partial charge on any atom is -0.490 e. The fourth-order valence-electron chi connectivity index (χ4n) is 3.92. The van der Waals surface area contributed by atoms with Crippen LogP contribution >= 0.6 is 0 Å². The van der Waals surface area contributed by atoms with Crippen LogP contribution in [-0.2, 0) is 0 Å². The van der Waals surface area contributed by atoms with E-state index in [1.165, 1.54) is 23.8 Å². The summed E-state index contributed by atoms with van der Waals surface area (Å²) in [6, 6.07) is 12.4. The molecule has 3 aromatic rings. The molecule has 0 amide bonds. The predicted octanol–water partition coefficient (Wildman–Crippen LogP) is 4.66. The highest BCUT2D eigenvalue weighted by Gasteiger charge is 2.24. The number of benzene rings is 1. The summed E-state index contributed by atoms with van der Waals surface area (Å²) in [5, 5.41) is 2.32. The van der Waals surface area contributed by atoms with Crippen molar-refractivity contribution in [2.75, 3.05) is 0 Å². The Morgan fingerprint density at radius 3 is 2.50 bits per heavy atom. The lowest BCUT2D eigenvalue weighted by atomic mass is 9.82. The van der Waals surface area contributed by atoms with Gasteiger partial charge in [-0.05, 0) is 85.4 Å². The number of nitrogens with two attached hydrogens (primary N) is 1. The van der Waals surface area contributed by atoms with E-state index in [4.69, 9.17) is 10.5 Å². The molecule has 1 atom stereocenters. The molecule has 1 aliphatic carbocycles. The zero-order chi connectivity index (χ0) is 17.8. The maximum atomic E-state index is 6.37. The summed E-state index contributed by atoms with van der Waals surface area (Å²) in [5.41, 5.74) is 7.56.